The lowest BCUT2D eigenvalue weighted by atomic mass is 10.5. The average Bonchev–Trinajstić information content (AvgIpc) is 2.23. The second kappa shape index (κ2) is 4.77. The van der Waals surface area contributed by atoms with Crippen molar-refractivity contribution >= 4 is 0 Å². The summed E-state index contributed by atoms with van der Waals surface area (Å²) in [7, 11) is 4.36. The normalized spacial score (nSPS) is 27.3. The van der Waals surface area contributed by atoms with Crippen molar-refractivity contribution in [1.29, 1.82) is 0 Å². The molecule has 2 heteroatoms. The van der Waals surface area contributed by atoms with Crippen LogP contribution in [0.5, 0.6) is 0 Å². The maximum atomic E-state index is 2.32. The Morgan fingerprint density at radius 3 is 2.00 bits per heavy atom. The van der Waals surface area contributed by atoms with Crippen LogP contribution in [0.1, 0.15) is 20.3 Å². The Morgan fingerprint density at radius 2 is 1.89 bits per heavy atom. The fraction of sp³-hybridized carbons (Fsp3) is 1.00. The third-order valence-electron chi connectivity index (χ3n) is 1.68. The molecule has 1 heterocycles. The zero-order valence-electron chi connectivity index (χ0n) is 7.07. The monoisotopic (exact) mass is 131 g/mol. The molecule has 1 aliphatic heterocycles. The molecule has 0 saturated carbocycles. The Balaban J connectivity index is 0.000000291. The number of rotatable bonds is 0. The Kier molecular flexibility index (Phi) is 4.72. The summed E-state index contributed by atoms with van der Waals surface area (Å²) in [5.74, 6) is 0. The molecule has 1 rings (SSSR count). The van der Waals surface area contributed by atoms with E-state index in [1.807, 2.05) is 13.8 Å². The molecule has 0 spiro atoms. The minimum absolute atomic E-state index is 1.27. The molecule has 1 atom stereocenters. The molecule has 0 amide bonds. The van der Waals surface area contributed by atoms with Crippen molar-refractivity contribution in [3.63, 3.8) is 0 Å². The lowest BCUT2D eigenvalue weighted by Gasteiger charge is -2.12. The van der Waals surface area contributed by atoms with Crippen LogP contribution in [-0.4, -0.2) is 32.2 Å². The van der Waals surface area contributed by atoms with Crippen LogP contribution in [-0.2, 0) is 0 Å². The van der Waals surface area contributed by atoms with Crippen LogP contribution in [0.2, 0.25) is 0 Å². The zero-order valence-corrected chi connectivity index (χ0v) is 7.07. The summed E-state index contributed by atoms with van der Waals surface area (Å²) in [5.41, 5.74) is 0. The molecule has 0 aromatic heterocycles. The molecule has 1 saturated heterocycles. The molecule has 9 heavy (non-hydrogen) atoms. The topological polar surface area (TPSA) is 7.68 Å². The van der Waals surface area contributed by atoms with Gasteiger partial charge in [0.15, 0.2) is 0 Å². The Morgan fingerprint density at radius 1 is 1.33 bits per heavy atom. The number of nitrogens with one attached hydrogen (secondary N) is 1. The molecule has 1 N–H and O–H groups in total. The van der Waals surface area contributed by atoms with E-state index in [2.05, 4.69) is 19.1 Å². The summed E-state index contributed by atoms with van der Waals surface area (Å²) in [6.07, 6.45) is 1.36. The van der Waals surface area contributed by atoms with Gasteiger partial charge in [0, 0.05) is 13.5 Å². The highest BCUT2D eigenvalue weighted by atomic mass is 15.6. The molecule has 0 aromatic rings. The molecule has 1 aliphatic rings. The molecule has 1 fully saturated rings. The van der Waals surface area contributed by atoms with E-state index in [9.17, 15) is 0 Å². The maximum Gasteiger partial charge on any atom is 0.0960 e. The predicted octanol–water partition coefficient (Wildman–Crippen LogP) is -0.222. The summed E-state index contributed by atoms with van der Waals surface area (Å²) in [6.45, 7) is 6.59. The van der Waals surface area contributed by atoms with E-state index in [0.717, 1.165) is 0 Å². The van der Waals surface area contributed by atoms with Crippen LogP contribution >= 0.6 is 0 Å². The van der Waals surface area contributed by atoms with E-state index in [4.69, 9.17) is 0 Å². The van der Waals surface area contributed by atoms with Crippen LogP contribution in [0, 0.1) is 0 Å². The van der Waals surface area contributed by atoms with E-state index >= 15 is 0 Å². The number of hydrogen-bond acceptors (Lipinski definition) is 1. The van der Waals surface area contributed by atoms with E-state index in [0.29, 0.717) is 0 Å². The summed E-state index contributed by atoms with van der Waals surface area (Å²) >= 11 is 0. The first-order valence-corrected chi connectivity index (χ1v) is 3.84. The van der Waals surface area contributed by atoms with Gasteiger partial charge in [-0.15, -0.1) is 0 Å². The first kappa shape index (κ1) is 8.92. The molecular formula is C7H19N2+. The van der Waals surface area contributed by atoms with Crippen molar-refractivity contribution in [3.8, 4) is 0 Å². The summed E-state index contributed by atoms with van der Waals surface area (Å²) in [5, 5.41) is 3.86. The number of nitrogens with zero attached hydrogens (tertiary/aromatic N) is 1. The molecular weight excluding hydrogens is 112 g/mol. The second-order valence-corrected chi connectivity index (χ2v) is 2.26. The Bertz CT molecular complexity index is 55.9. The molecule has 1 unspecified atom stereocenters. The van der Waals surface area contributed by atoms with Gasteiger partial charge in [-0.2, -0.15) is 5.01 Å². The van der Waals surface area contributed by atoms with Gasteiger partial charge in [0.1, 0.15) is 0 Å². The zero-order chi connectivity index (χ0) is 7.28. The molecule has 0 aromatic carbocycles. The summed E-state index contributed by atoms with van der Waals surface area (Å²) in [6, 6.07) is 0. The number of hydrogen-bond donors (Lipinski definition) is 1. The first-order valence-electron chi connectivity index (χ1n) is 3.84. The van der Waals surface area contributed by atoms with Gasteiger partial charge >= 0.3 is 0 Å². The fourth-order valence-electron chi connectivity index (χ4n) is 0.954. The Hall–Kier alpha value is -0.0800. The van der Waals surface area contributed by atoms with Crippen molar-refractivity contribution in [2.45, 2.75) is 20.3 Å². The molecule has 0 radical (unpaired) electrons. The predicted molar refractivity (Wildman–Crippen MR) is 40.3 cm³/mol. The van der Waals surface area contributed by atoms with Crippen LogP contribution < -0.4 is 5.01 Å². The maximum absolute atomic E-state index is 2.32. The quantitative estimate of drug-likeness (QED) is 0.477. The van der Waals surface area contributed by atoms with Crippen molar-refractivity contribution in [3.05, 3.63) is 0 Å². The smallest absolute Gasteiger partial charge is 0.0960 e. The highest BCUT2D eigenvalue weighted by Crippen LogP contribution is 1.82. The Labute approximate surface area is 58.4 Å². The van der Waals surface area contributed by atoms with E-state index < -0.39 is 0 Å². The molecule has 0 aliphatic carbocycles. The van der Waals surface area contributed by atoms with E-state index in [1.54, 1.807) is 5.01 Å². The number of quaternary nitrogens is 1. The van der Waals surface area contributed by atoms with Gasteiger partial charge in [0.25, 0.3) is 0 Å². The average molecular weight is 131 g/mol. The van der Waals surface area contributed by atoms with Gasteiger partial charge in [0.2, 0.25) is 0 Å². The second-order valence-electron chi connectivity index (χ2n) is 2.26. The van der Waals surface area contributed by atoms with Gasteiger partial charge in [-0.1, -0.05) is 13.8 Å². The van der Waals surface area contributed by atoms with Crippen LogP contribution in [0.15, 0.2) is 0 Å². The highest BCUT2D eigenvalue weighted by Gasteiger charge is 2.15. The molecule has 0 bridgehead atoms. The third kappa shape index (κ3) is 2.82. The first-order chi connectivity index (χ1) is 4.30. The van der Waals surface area contributed by atoms with Crippen molar-refractivity contribution in [2.24, 2.45) is 0 Å². The lowest BCUT2D eigenvalue weighted by molar-refractivity contribution is -0.980. The highest BCUT2D eigenvalue weighted by molar-refractivity contribution is 4.42. The van der Waals surface area contributed by atoms with Crippen molar-refractivity contribution in [1.82, 2.24) is 5.01 Å². The standard InChI is InChI=1S/C5H12N2.C2H6/c1-6-4-3-5-7(6)2;1-2/h3-5H2,1-2H3;1-2H3/p+1. The fourth-order valence-corrected chi connectivity index (χ4v) is 0.954. The minimum atomic E-state index is 1.27. The van der Waals surface area contributed by atoms with Gasteiger partial charge in [-0.25, -0.2) is 0 Å². The molecule has 56 valence electrons. The minimum Gasteiger partial charge on any atom is -0.257 e. The summed E-state index contributed by atoms with van der Waals surface area (Å²) < 4.78 is 0. The largest absolute Gasteiger partial charge is 0.257 e. The van der Waals surface area contributed by atoms with Crippen LogP contribution in [0.3, 0.4) is 0 Å². The van der Waals surface area contributed by atoms with E-state index in [1.165, 1.54) is 19.5 Å². The SMILES string of the molecule is CC.CN1CCC[NH+]1C. The third-order valence-corrected chi connectivity index (χ3v) is 1.68. The van der Waals surface area contributed by atoms with E-state index in [-0.39, 0.29) is 0 Å². The summed E-state index contributed by atoms with van der Waals surface area (Å²) in [4.78, 5) is 0. The lowest BCUT2D eigenvalue weighted by Crippen LogP contribution is -3.12. The van der Waals surface area contributed by atoms with Crippen molar-refractivity contribution < 1.29 is 5.01 Å². The van der Waals surface area contributed by atoms with Gasteiger partial charge in [0.05, 0.1) is 20.1 Å². The van der Waals surface area contributed by atoms with Gasteiger partial charge in [-0.05, 0) is 0 Å². The van der Waals surface area contributed by atoms with Crippen LogP contribution in [0.4, 0.5) is 0 Å². The van der Waals surface area contributed by atoms with Crippen molar-refractivity contribution in [2.75, 3.05) is 27.2 Å². The molecule has 2 nitrogen and oxygen atoms in total. The van der Waals surface area contributed by atoms with Gasteiger partial charge in [-0.3, -0.25) is 5.01 Å². The van der Waals surface area contributed by atoms with Crippen LogP contribution in [0.25, 0.3) is 0 Å². The van der Waals surface area contributed by atoms with Gasteiger partial charge < -0.3 is 0 Å².